The van der Waals surface area contributed by atoms with Crippen molar-refractivity contribution in [2.24, 2.45) is 5.92 Å². The zero-order chi connectivity index (χ0) is 45.5. The number of hydrogen-bond donors (Lipinski definition) is 8. The highest BCUT2D eigenvalue weighted by Crippen LogP contribution is 2.35. The number of aliphatic hydroxyl groups is 5. The van der Waals surface area contributed by atoms with E-state index >= 15 is 0 Å². The van der Waals surface area contributed by atoms with Crippen LogP contribution >= 0.6 is 0 Å². The fourth-order valence-electron chi connectivity index (χ4n) is 7.64. The third kappa shape index (κ3) is 14.2. The Morgan fingerprint density at radius 2 is 1.57 bits per heavy atom. The van der Waals surface area contributed by atoms with Gasteiger partial charge >= 0.3 is 6.18 Å². The highest BCUT2D eigenvalue weighted by Gasteiger charge is 2.39. The van der Waals surface area contributed by atoms with Gasteiger partial charge in [-0.2, -0.15) is 18.4 Å². The molecule has 2 aliphatic heterocycles. The molecule has 3 aromatic rings. The van der Waals surface area contributed by atoms with E-state index in [0.717, 1.165) is 18.3 Å². The Balaban J connectivity index is 1.02. The lowest BCUT2D eigenvalue weighted by Crippen LogP contribution is -2.48. The third-order valence-corrected chi connectivity index (χ3v) is 11.2. The number of aliphatic hydroxyl groups excluding tert-OH is 5. The van der Waals surface area contributed by atoms with Crippen LogP contribution in [0.4, 0.5) is 30.6 Å². The van der Waals surface area contributed by atoms with Crippen molar-refractivity contribution in [1.29, 1.82) is 5.26 Å². The number of nitrogens with one attached hydrogen (secondary N) is 3. The lowest BCUT2D eigenvalue weighted by molar-refractivity contribution is -0.144. The molecule has 0 bridgehead atoms. The predicted molar refractivity (Wildman–Crippen MR) is 222 cm³/mol. The monoisotopic (exact) mass is 884 g/mol. The second-order valence-electron chi connectivity index (χ2n) is 15.8. The minimum atomic E-state index is -4.78. The van der Waals surface area contributed by atoms with E-state index in [1.807, 2.05) is 17.0 Å². The quantitative estimate of drug-likeness (QED) is 0.0665. The summed E-state index contributed by atoms with van der Waals surface area (Å²) in [5.74, 6) is -1.42. The molecule has 8 N–H and O–H groups in total. The van der Waals surface area contributed by atoms with Crippen LogP contribution in [0.5, 0.6) is 0 Å². The summed E-state index contributed by atoms with van der Waals surface area (Å²) in [4.78, 5) is 57.6. The Morgan fingerprint density at radius 3 is 2.27 bits per heavy atom. The summed E-state index contributed by atoms with van der Waals surface area (Å²) in [5, 5.41) is 65.3. The van der Waals surface area contributed by atoms with Crippen molar-refractivity contribution >= 4 is 35.1 Å². The molecule has 2 saturated heterocycles. The van der Waals surface area contributed by atoms with E-state index < -0.39 is 55.0 Å². The average molecular weight is 885 g/mol. The number of Topliss-reactive ketones (excluding diaryl/α,β-unsaturated/α-hetero) is 1. The van der Waals surface area contributed by atoms with Crippen molar-refractivity contribution in [3.05, 3.63) is 65.4 Å². The molecule has 63 heavy (non-hydrogen) atoms. The van der Waals surface area contributed by atoms with Crippen LogP contribution in [-0.4, -0.2) is 139 Å². The maximum Gasteiger partial charge on any atom is 0.451 e. The summed E-state index contributed by atoms with van der Waals surface area (Å²) >= 11 is 0. The molecule has 21 heteroatoms. The van der Waals surface area contributed by atoms with Crippen LogP contribution in [0.3, 0.4) is 0 Å². The molecule has 4 heterocycles. The number of rotatable bonds is 22. The molecule has 2 aliphatic rings. The second kappa shape index (κ2) is 23.2. The topological polar surface area (TPSA) is 270 Å². The Hall–Kier alpha value is -5.53. The van der Waals surface area contributed by atoms with Crippen LogP contribution in [0.25, 0.3) is 0 Å². The van der Waals surface area contributed by atoms with E-state index in [1.54, 1.807) is 23.1 Å². The average Bonchev–Trinajstić information content (AvgIpc) is 3.79. The van der Waals surface area contributed by atoms with Gasteiger partial charge in [-0.05, 0) is 75.0 Å². The molecule has 342 valence electrons. The van der Waals surface area contributed by atoms with Crippen LogP contribution in [0.1, 0.15) is 85.2 Å². The Morgan fingerprint density at radius 1 is 0.873 bits per heavy atom. The molecular formula is C42H55F3N10O8. The van der Waals surface area contributed by atoms with E-state index in [1.165, 1.54) is 6.07 Å². The summed E-state index contributed by atoms with van der Waals surface area (Å²) in [6.45, 7) is 0.468. The van der Waals surface area contributed by atoms with Gasteiger partial charge in [0.1, 0.15) is 47.8 Å². The zero-order valence-electron chi connectivity index (χ0n) is 34.8. The summed E-state index contributed by atoms with van der Waals surface area (Å²) in [6.07, 6.45) is -4.81. The highest BCUT2D eigenvalue weighted by atomic mass is 19.4. The molecule has 2 amide bonds. The van der Waals surface area contributed by atoms with Crippen LogP contribution in [0.2, 0.25) is 0 Å². The van der Waals surface area contributed by atoms with Crippen LogP contribution in [0, 0.1) is 17.2 Å². The number of carbonyl (C=O) groups excluding carboxylic acids is 3. The normalized spacial score (nSPS) is 17.7. The van der Waals surface area contributed by atoms with Crippen molar-refractivity contribution in [3.63, 3.8) is 0 Å². The molecule has 18 nitrogen and oxygen atoms in total. The van der Waals surface area contributed by atoms with Crippen molar-refractivity contribution in [2.75, 3.05) is 61.0 Å². The van der Waals surface area contributed by atoms with Gasteiger partial charge in [-0.15, -0.1) is 0 Å². The number of aromatic nitrogens is 4. The first kappa shape index (κ1) is 48.5. The van der Waals surface area contributed by atoms with Gasteiger partial charge in [0, 0.05) is 64.2 Å². The van der Waals surface area contributed by atoms with Crippen molar-refractivity contribution < 1.29 is 53.1 Å². The third-order valence-electron chi connectivity index (χ3n) is 11.2. The molecule has 5 atom stereocenters. The molecule has 0 spiro atoms. The number of hydrogen-bond acceptors (Lipinski definition) is 16. The predicted octanol–water partition coefficient (Wildman–Crippen LogP) is 1.50. The lowest BCUT2D eigenvalue weighted by atomic mass is 9.91. The van der Waals surface area contributed by atoms with Crippen LogP contribution < -0.4 is 25.8 Å². The number of anilines is 3. The molecule has 0 radical (unpaired) electrons. The molecule has 1 aromatic carbocycles. The number of benzene rings is 1. The maximum absolute atomic E-state index is 14.1. The van der Waals surface area contributed by atoms with E-state index in [-0.39, 0.29) is 73.2 Å². The lowest BCUT2D eigenvalue weighted by Gasteiger charge is -2.34. The van der Waals surface area contributed by atoms with Gasteiger partial charge in [-0.3, -0.25) is 14.4 Å². The Kier molecular flexibility index (Phi) is 17.9. The fraction of sp³-hybridized carbons (Fsp3) is 0.571. The summed E-state index contributed by atoms with van der Waals surface area (Å²) < 4.78 is 42.3. The van der Waals surface area contributed by atoms with E-state index in [2.05, 4.69) is 42.0 Å². The zero-order valence-corrected chi connectivity index (χ0v) is 34.8. The summed E-state index contributed by atoms with van der Waals surface area (Å²) in [6, 6.07) is 11.5. The number of nitrogens with zero attached hydrogens (tertiary/aromatic N) is 7. The fourth-order valence-corrected chi connectivity index (χ4v) is 7.64. The van der Waals surface area contributed by atoms with Crippen molar-refractivity contribution in [3.8, 4) is 6.07 Å². The Bertz CT molecular complexity index is 2020. The summed E-state index contributed by atoms with van der Waals surface area (Å²) in [5.41, 5.74) is 1.53. The molecular weight excluding hydrogens is 830 g/mol. The molecule has 2 aromatic heterocycles. The standard InChI is InChI=1S/C42H55F3N10O8/c43-42(44,45)41-52-35(21-36(53-41)55-17-3-6-30(55)31(57)7-1-4-26-9-11-28(22-46)12-10-26)54-18-13-27(14-19-54)5-2-8-37(60)47-15-16-48-40(63)29-20-34(51-25-50-29)49-23-32(58)38(61)39(62)33(59)24-56/h9-12,20-21,25,27,30,32-33,38-39,56,58-59,61-62H,1-8,13-19,23-24H2,(H,47,60)(H,48,63)(H,49,50,51)/t30-,32-,33+,38+,39+/m0/s1. The number of carbonyl (C=O) groups is 3. The second-order valence-corrected chi connectivity index (χ2v) is 15.8. The first-order chi connectivity index (χ1) is 30.2. The molecule has 0 saturated carbocycles. The van der Waals surface area contributed by atoms with Crippen molar-refractivity contribution in [2.45, 2.75) is 101 Å². The van der Waals surface area contributed by atoms with Gasteiger partial charge in [-0.25, -0.2) is 19.9 Å². The van der Waals surface area contributed by atoms with Gasteiger partial charge in [0.05, 0.1) is 30.4 Å². The van der Waals surface area contributed by atoms with Gasteiger partial charge in [0.25, 0.3) is 5.91 Å². The smallest absolute Gasteiger partial charge is 0.394 e. The van der Waals surface area contributed by atoms with E-state index in [9.17, 15) is 48.0 Å². The largest absolute Gasteiger partial charge is 0.451 e. The number of aryl methyl sites for hydroxylation is 1. The van der Waals surface area contributed by atoms with E-state index in [0.29, 0.717) is 70.1 Å². The number of halogens is 3. The van der Waals surface area contributed by atoms with Crippen LogP contribution in [0.15, 0.2) is 42.7 Å². The number of piperidine rings is 1. The van der Waals surface area contributed by atoms with Gasteiger partial charge in [-0.1, -0.05) is 12.1 Å². The van der Waals surface area contributed by atoms with Gasteiger partial charge in [0.15, 0.2) is 5.78 Å². The Labute approximate surface area is 362 Å². The SMILES string of the molecule is N#Cc1ccc(CCCC(=O)[C@@H]2CCCN2c2cc(N3CCC(CCCC(=O)NCCNC(=O)c4cc(NC[C@H](O)[C@@H](O)[C@H](O)[C@H](O)CO)ncn4)CC3)nc(C(F)(F)F)n2)cc1. The van der Waals surface area contributed by atoms with E-state index in [4.69, 9.17) is 10.4 Å². The number of nitriles is 1. The van der Waals surface area contributed by atoms with Gasteiger partial charge in [0.2, 0.25) is 11.7 Å². The van der Waals surface area contributed by atoms with Gasteiger partial charge < -0.3 is 51.3 Å². The molecule has 2 fully saturated rings. The first-order valence-electron chi connectivity index (χ1n) is 21.1. The molecule has 0 unspecified atom stereocenters. The van der Waals surface area contributed by atoms with Crippen molar-refractivity contribution in [1.82, 2.24) is 30.6 Å². The maximum atomic E-state index is 14.1. The molecule has 0 aliphatic carbocycles. The number of alkyl halides is 3. The minimum absolute atomic E-state index is 0.0205. The highest BCUT2D eigenvalue weighted by molar-refractivity contribution is 5.92. The number of amides is 2. The molecule has 5 rings (SSSR count). The van der Waals surface area contributed by atoms with Crippen LogP contribution in [-0.2, 0) is 22.2 Å². The minimum Gasteiger partial charge on any atom is -0.394 e. The first-order valence-corrected chi connectivity index (χ1v) is 21.1. The summed E-state index contributed by atoms with van der Waals surface area (Å²) in [7, 11) is 0. The number of ketones is 1.